The molecule has 6 nitrogen and oxygen atoms in total. The van der Waals surface area contributed by atoms with E-state index in [2.05, 4.69) is 4.98 Å². The van der Waals surface area contributed by atoms with Crippen LogP contribution in [0, 0.1) is 29.6 Å². The Labute approximate surface area is 185 Å². The third-order valence-electron chi connectivity index (χ3n) is 7.59. The van der Waals surface area contributed by atoms with Gasteiger partial charge in [0.15, 0.2) is 0 Å². The van der Waals surface area contributed by atoms with Crippen LogP contribution in [-0.4, -0.2) is 22.0 Å². The van der Waals surface area contributed by atoms with Crippen LogP contribution in [0.15, 0.2) is 63.0 Å². The van der Waals surface area contributed by atoms with Crippen molar-refractivity contribution in [3.8, 4) is 0 Å². The first-order valence-corrected chi connectivity index (χ1v) is 12.2. The molecule has 1 N–H and O–H groups in total. The summed E-state index contributed by atoms with van der Waals surface area (Å²) in [5.74, 6) is 0.522. The van der Waals surface area contributed by atoms with Gasteiger partial charge in [0.1, 0.15) is 5.76 Å². The highest BCUT2D eigenvalue weighted by atomic mass is 32.2. The molecular weight excluding hydrogens is 432 g/mol. The molecular formula is C23H18N2O4S2. The third-order valence-corrected chi connectivity index (χ3v) is 10.2. The van der Waals surface area contributed by atoms with Gasteiger partial charge < -0.3 is 9.40 Å². The number of thiazole rings is 1. The summed E-state index contributed by atoms with van der Waals surface area (Å²) in [7, 11) is 0. The molecule has 4 aliphatic rings. The van der Waals surface area contributed by atoms with Gasteiger partial charge in [-0.3, -0.25) is 19.3 Å². The topological polar surface area (TPSA) is 83.4 Å². The molecule has 7 atom stereocenters. The van der Waals surface area contributed by atoms with E-state index in [1.54, 1.807) is 18.0 Å². The highest BCUT2D eigenvalue weighted by Crippen LogP contribution is 2.68. The number of nitrogens with one attached hydrogen (secondary N) is 1. The lowest BCUT2D eigenvalue weighted by Gasteiger charge is -2.42. The van der Waals surface area contributed by atoms with E-state index in [1.807, 2.05) is 42.5 Å². The maximum absolute atomic E-state index is 13.5. The number of anilines is 1. The monoisotopic (exact) mass is 450 g/mol. The van der Waals surface area contributed by atoms with E-state index in [1.165, 1.54) is 16.2 Å². The molecule has 7 rings (SSSR count). The van der Waals surface area contributed by atoms with Crippen molar-refractivity contribution in [2.75, 3.05) is 4.90 Å². The number of fused-ring (bicyclic) bond motifs is 9. The zero-order valence-electron chi connectivity index (χ0n) is 16.3. The van der Waals surface area contributed by atoms with Crippen molar-refractivity contribution in [2.24, 2.45) is 29.6 Å². The fourth-order valence-corrected chi connectivity index (χ4v) is 9.50. The van der Waals surface area contributed by atoms with Crippen LogP contribution in [-0.2, 0) is 9.59 Å². The molecule has 3 aromatic rings. The van der Waals surface area contributed by atoms with Crippen molar-refractivity contribution in [2.45, 2.75) is 22.6 Å². The first-order valence-electron chi connectivity index (χ1n) is 10.5. The van der Waals surface area contributed by atoms with Gasteiger partial charge in [-0.25, -0.2) is 0 Å². The third kappa shape index (κ3) is 2.27. The zero-order chi connectivity index (χ0) is 20.9. The van der Waals surface area contributed by atoms with Crippen LogP contribution in [0.1, 0.15) is 23.0 Å². The average Bonchev–Trinajstić information content (AvgIpc) is 3.56. The van der Waals surface area contributed by atoms with Gasteiger partial charge in [0.05, 0.1) is 39.6 Å². The molecule has 0 unspecified atom stereocenters. The SMILES string of the molecule is O=C1[C@H]2[C@H]3C[C@@H]([C@@H]2C(=O)N1c1ccccc1)[C@H]1[C@H](c2ccco2)c2sc(=O)[nH]c2S[C@H]31. The van der Waals surface area contributed by atoms with E-state index in [-0.39, 0.29) is 57.4 Å². The molecule has 2 amide bonds. The number of hydrogen-bond acceptors (Lipinski definition) is 6. The summed E-state index contributed by atoms with van der Waals surface area (Å²) in [5.41, 5.74) is 0.660. The molecule has 156 valence electrons. The Hall–Kier alpha value is -2.58. The first-order chi connectivity index (χ1) is 15.1. The number of para-hydroxylation sites is 1. The maximum Gasteiger partial charge on any atom is 0.305 e. The van der Waals surface area contributed by atoms with Gasteiger partial charge in [-0.15, -0.1) is 11.8 Å². The largest absolute Gasteiger partial charge is 0.469 e. The van der Waals surface area contributed by atoms with Crippen LogP contribution in [0.4, 0.5) is 5.69 Å². The van der Waals surface area contributed by atoms with Crippen LogP contribution in [0.3, 0.4) is 0 Å². The van der Waals surface area contributed by atoms with Gasteiger partial charge in [0, 0.05) is 5.25 Å². The number of carbonyl (C=O) groups excluding carboxylic acids is 2. The number of furan rings is 1. The second-order valence-electron chi connectivity index (χ2n) is 8.82. The van der Waals surface area contributed by atoms with E-state index >= 15 is 0 Å². The number of imide groups is 1. The molecule has 8 heteroatoms. The summed E-state index contributed by atoms with van der Waals surface area (Å²) in [5, 5.41) is 1.09. The minimum atomic E-state index is -0.283. The number of H-pyrrole nitrogens is 1. The predicted molar refractivity (Wildman–Crippen MR) is 116 cm³/mol. The number of hydrogen-bond donors (Lipinski definition) is 1. The molecule has 4 heterocycles. The van der Waals surface area contributed by atoms with E-state index in [9.17, 15) is 14.4 Å². The second kappa shape index (κ2) is 6.23. The van der Waals surface area contributed by atoms with Crippen LogP contribution in [0.5, 0.6) is 0 Å². The Morgan fingerprint density at radius 3 is 2.48 bits per heavy atom. The minimum absolute atomic E-state index is 0.0511. The normalized spacial score (nSPS) is 35.4. The number of nitrogens with zero attached hydrogens (tertiary/aromatic N) is 1. The van der Waals surface area contributed by atoms with E-state index < -0.39 is 0 Å². The summed E-state index contributed by atoms with van der Waals surface area (Å²) >= 11 is 2.94. The van der Waals surface area contributed by atoms with E-state index in [4.69, 9.17) is 4.42 Å². The Kier molecular flexibility index (Phi) is 3.63. The van der Waals surface area contributed by atoms with E-state index in [0.29, 0.717) is 5.69 Å². The van der Waals surface area contributed by atoms with Crippen LogP contribution in [0.25, 0.3) is 0 Å². The summed E-state index contributed by atoms with van der Waals surface area (Å²) in [6.45, 7) is 0. The number of rotatable bonds is 2. The molecule has 2 bridgehead atoms. The molecule has 0 spiro atoms. The number of carbonyl (C=O) groups is 2. The highest BCUT2D eigenvalue weighted by Gasteiger charge is 2.70. The average molecular weight is 451 g/mol. The Balaban J connectivity index is 1.34. The predicted octanol–water partition coefficient (Wildman–Crippen LogP) is 3.71. The van der Waals surface area contributed by atoms with Gasteiger partial charge in [0.2, 0.25) is 11.8 Å². The van der Waals surface area contributed by atoms with Gasteiger partial charge in [-0.2, -0.15) is 0 Å². The van der Waals surface area contributed by atoms with E-state index in [0.717, 1.165) is 22.1 Å². The number of amides is 2. The smallest absolute Gasteiger partial charge is 0.305 e. The molecule has 0 radical (unpaired) electrons. The van der Waals surface area contributed by atoms with Crippen LogP contribution < -0.4 is 9.77 Å². The molecule has 2 saturated carbocycles. The fraction of sp³-hybridized carbons (Fsp3) is 0.348. The Bertz CT molecular complexity index is 1260. The van der Waals surface area contributed by atoms with Gasteiger partial charge >= 0.3 is 4.87 Å². The summed E-state index contributed by atoms with van der Waals surface area (Å²) in [6.07, 6.45) is 2.55. The maximum atomic E-state index is 13.5. The lowest BCUT2D eigenvalue weighted by atomic mass is 9.69. The van der Waals surface area contributed by atoms with Crippen molar-refractivity contribution < 1.29 is 14.0 Å². The van der Waals surface area contributed by atoms with Gasteiger partial charge in [-0.1, -0.05) is 29.5 Å². The molecule has 2 aliphatic carbocycles. The molecule has 31 heavy (non-hydrogen) atoms. The molecule has 3 fully saturated rings. The number of aromatic amines is 1. The number of thioether (sulfide) groups is 1. The van der Waals surface area contributed by atoms with Crippen molar-refractivity contribution in [1.29, 1.82) is 0 Å². The fourth-order valence-electron chi connectivity index (χ4n) is 6.64. The van der Waals surface area contributed by atoms with Crippen LogP contribution >= 0.6 is 23.1 Å². The summed E-state index contributed by atoms with van der Waals surface area (Å²) < 4.78 is 5.82. The second-order valence-corrected chi connectivity index (χ2v) is 11.0. The Morgan fingerprint density at radius 2 is 1.74 bits per heavy atom. The minimum Gasteiger partial charge on any atom is -0.469 e. The van der Waals surface area contributed by atoms with Crippen molar-refractivity contribution in [3.05, 3.63) is 69.0 Å². The summed E-state index contributed by atoms with van der Waals surface area (Å²) in [6, 6.07) is 13.1. The molecule has 2 aromatic heterocycles. The highest BCUT2D eigenvalue weighted by molar-refractivity contribution is 8.00. The van der Waals surface area contributed by atoms with Crippen molar-refractivity contribution >= 4 is 40.6 Å². The lowest BCUT2D eigenvalue weighted by Crippen LogP contribution is -2.42. The van der Waals surface area contributed by atoms with Gasteiger partial charge in [-0.05, 0) is 48.4 Å². The van der Waals surface area contributed by atoms with Crippen molar-refractivity contribution in [1.82, 2.24) is 4.98 Å². The van der Waals surface area contributed by atoms with Crippen LogP contribution in [0.2, 0.25) is 0 Å². The first kappa shape index (κ1) is 18.0. The summed E-state index contributed by atoms with van der Waals surface area (Å²) in [4.78, 5) is 44.5. The Morgan fingerprint density at radius 1 is 0.968 bits per heavy atom. The van der Waals surface area contributed by atoms with Crippen molar-refractivity contribution in [3.63, 3.8) is 0 Å². The molecule has 1 aromatic carbocycles. The number of benzene rings is 1. The quantitative estimate of drug-likeness (QED) is 0.602. The van der Waals surface area contributed by atoms with Gasteiger partial charge in [0.25, 0.3) is 0 Å². The number of aromatic nitrogens is 1. The standard InChI is InChI=1S/C23H18N2O4S2/c26-21-15-11-9-12(16(15)22(27)25(21)10-5-2-1-3-6-10)18-14(11)17(13-7-4-8-29-13)19-20(30-18)24-23(28)31-19/h1-8,11-12,14-18H,9H2,(H,24,28)/t11-,12-,14+,15+,16+,17+,18-/m1/s1. The zero-order valence-corrected chi connectivity index (χ0v) is 17.9. The molecule has 2 aliphatic heterocycles. The lowest BCUT2D eigenvalue weighted by molar-refractivity contribution is -0.123. The molecule has 1 saturated heterocycles.